The number of nitrogens with zero attached hydrogens (tertiary/aromatic N) is 5. The lowest BCUT2D eigenvalue weighted by atomic mass is 10.2. The van der Waals surface area contributed by atoms with E-state index in [2.05, 4.69) is 15.4 Å². The van der Waals surface area contributed by atoms with Gasteiger partial charge in [-0.25, -0.2) is 0 Å². The Balaban J connectivity index is 1.72. The number of hydrogen-bond acceptors (Lipinski definition) is 6. The van der Waals surface area contributed by atoms with Crippen molar-refractivity contribution in [1.82, 2.24) is 19.3 Å². The highest BCUT2D eigenvalue weighted by Crippen LogP contribution is 2.25. The molecule has 3 heterocycles. The second-order valence-electron chi connectivity index (χ2n) is 5.00. The van der Waals surface area contributed by atoms with Gasteiger partial charge in [-0.15, -0.1) is 0 Å². The van der Waals surface area contributed by atoms with E-state index in [1.165, 1.54) is 6.33 Å². The first-order valence-corrected chi connectivity index (χ1v) is 6.70. The average Bonchev–Trinajstić information content (AvgIpc) is 3.15. The minimum atomic E-state index is -0.515. The summed E-state index contributed by atoms with van der Waals surface area (Å²) in [7, 11) is 1.69. The van der Waals surface area contributed by atoms with Crippen LogP contribution in [0.15, 0.2) is 18.7 Å². The minimum Gasteiger partial charge on any atom is -0.376 e. The average molecular weight is 292 g/mol. The highest BCUT2D eigenvalue weighted by molar-refractivity contribution is 5.62. The summed E-state index contributed by atoms with van der Waals surface area (Å²) in [5.74, 6) is 0.126. The fourth-order valence-electron chi connectivity index (χ4n) is 2.36. The number of aryl methyl sites for hydroxylation is 1. The molecule has 9 heteroatoms. The molecular formula is C12H16N6O3. The van der Waals surface area contributed by atoms with Gasteiger partial charge in [0.05, 0.1) is 24.5 Å². The van der Waals surface area contributed by atoms with Crippen LogP contribution in [0.25, 0.3) is 0 Å². The van der Waals surface area contributed by atoms with Crippen molar-refractivity contribution in [2.24, 2.45) is 7.05 Å². The van der Waals surface area contributed by atoms with Gasteiger partial charge in [-0.2, -0.15) is 5.10 Å². The van der Waals surface area contributed by atoms with Gasteiger partial charge in [0.25, 0.3) is 0 Å². The molecule has 3 rings (SSSR count). The first kappa shape index (κ1) is 13.6. The van der Waals surface area contributed by atoms with Crippen LogP contribution in [0.2, 0.25) is 0 Å². The van der Waals surface area contributed by atoms with Crippen molar-refractivity contribution < 1.29 is 9.66 Å². The van der Waals surface area contributed by atoms with Crippen LogP contribution in [0.1, 0.15) is 12.8 Å². The normalized spacial score (nSPS) is 18.0. The lowest BCUT2D eigenvalue weighted by Crippen LogP contribution is -2.15. The molecule has 2 aromatic heterocycles. The van der Waals surface area contributed by atoms with Crippen molar-refractivity contribution in [3.05, 3.63) is 28.8 Å². The van der Waals surface area contributed by atoms with Gasteiger partial charge >= 0.3 is 5.82 Å². The molecule has 1 fully saturated rings. The fourth-order valence-corrected chi connectivity index (χ4v) is 2.36. The molecule has 9 nitrogen and oxygen atoms in total. The van der Waals surface area contributed by atoms with Gasteiger partial charge < -0.3 is 20.2 Å². The summed E-state index contributed by atoms with van der Waals surface area (Å²) in [6.45, 7) is 1.49. The highest BCUT2D eigenvalue weighted by Gasteiger charge is 2.21. The molecule has 0 bridgehead atoms. The van der Waals surface area contributed by atoms with Crippen molar-refractivity contribution >= 4 is 17.3 Å². The van der Waals surface area contributed by atoms with Gasteiger partial charge in [0, 0.05) is 19.9 Å². The first-order chi connectivity index (χ1) is 10.1. The lowest BCUT2D eigenvalue weighted by molar-refractivity contribution is -0.388. The molecule has 1 atom stereocenters. The zero-order valence-electron chi connectivity index (χ0n) is 11.6. The summed E-state index contributed by atoms with van der Waals surface area (Å²) in [4.78, 5) is 14.2. The molecule has 21 heavy (non-hydrogen) atoms. The monoisotopic (exact) mass is 292 g/mol. The number of nitrogens with one attached hydrogen (secondary N) is 1. The Morgan fingerprint density at radius 1 is 1.62 bits per heavy atom. The van der Waals surface area contributed by atoms with E-state index < -0.39 is 4.92 Å². The van der Waals surface area contributed by atoms with Crippen LogP contribution in [0, 0.1) is 10.1 Å². The molecular weight excluding hydrogens is 276 g/mol. The predicted octanol–water partition coefficient (Wildman–Crippen LogP) is 1.45. The van der Waals surface area contributed by atoms with Gasteiger partial charge in [-0.3, -0.25) is 9.25 Å². The fraction of sp³-hybridized carbons (Fsp3) is 0.500. The molecule has 112 valence electrons. The SMILES string of the molecule is Cn1cnc([N+](=O)[O-])c1Nc1cnn(CC2CCCO2)c1. The van der Waals surface area contributed by atoms with Gasteiger partial charge in [0.1, 0.15) is 0 Å². The van der Waals surface area contributed by atoms with Crippen LogP contribution in [0.5, 0.6) is 0 Å². The number of hydrogen-bond donors (Lipinski definition) is 1. The zero-order chi connectivity index (χ0) is 14.8. The van der Waals surface area contributed by atoms with E-state index in [9.17, 15) is 10.1 Å². The molecule has 1 aliphatic heterocycles. The Kier molecular flexibility index (Phi) is 3.57. The number of rotatable bonds is 5. The van der Waals surface area contributed by atoms with Crippen molar-refractivity contribution in [2.75, 3.05) is 11.9 Å². The molecule has 0 aliphatic carbocycles. The molecule has 0 spiro atoms. The number of anilines is 2. The van der Waals surface area contributed by atoms with Crippen LogP contribution in [-0.4, -0.2) is 37.0 Å². The van der Waals surface area contributed by atoms with Gasteiger partial charge in [-0.05, 0) is 22.7 Å². The van der Waals surface area contributed by atoms with Crippen LogP contribution >= 0.6 is 0 Å². The summed E-state index contributed by atoms with van der Waals surface area (Å²) in [6, 6.07) is 0. The Hall–Kier alpha value is -2.42. The standard InChI is InChI=1S/C12H16N6O3/c1-16-8-13-11(18(19)20)12(16)15-9-5-14-17(6-9)7-10-3-2-4-21-10/h5-6,8,10,15H,2-4,7H2,1H3. The van der Waals surface area contributed by atoms with E-state index in [0.717, 1.165) is 19.4 Å². The molecule has 2 aromatic rings. The Morgan fingerprint density at radius 3 is 3.19 bits per heavy atom. The summed E-state index contributed by atoms with van der Waals surface area (Å²) >= 11 is 0. The number of ether oxygens (including phenoxy) is 1. The molecule has 0 radical (unpaired) electrons. The Labute approximate surface area is 120 Å². The first-order valence-electron chi connectivity index (χ1n) is 6.70. The van der Waals surface area contributed by atoms with Gasteiger partial charge in [0.2, 0.25) is 12.1 Å². The summed E-state index contributed by atoms with van der Waals surface area (Å²) < 4.78 is 8.90. The van der Waals surface area contributed by atoms with Crippen LogP contribution < -0.4 is 5.32 Å². The highest BCUT2D eigenvalue weighted by atomic mass is 16.6. The molecule has 1 aliphatic rings. The Bertz CT molecular complexity index is 643. The van der Waals surface area contributed by atoms with E-state index in [0.29, 0.717) is 18.1 Å². The molecule has 0 amide bonds. The van der Waals surface area contributed by atoms with E-state index >= 15 is 0 Å². The van der Waals surface area contributed by atoms with Crippen molar-refractivity contribution in [2.45, 2.75) is 25.5 Å². The maximum atomic E-state index is 10.9. The third kappa shape index (κ3) is 2.87. The topological polar surface area (TPSA) is 100 Å². The largest absolute Gasteiger partial charge is 0.406 e. The number of imidazole rings is 1. The number of aromatic nitrogens is 4. The van der Waals surface area contributed by atoms with E-state index in [4.69, 9.17) is 4.74 Å². The Morgan fingerprint density at radius 2 is 2.48 bits per heavy atom. The van der Waals surface area contributed by atoms with Crippen LogP contribution in [0.3, 0.4) is 0 Å². The number of nitro groups is 1. The quantitative estimate of drug-likeness (QED) is 0.661. The zero-order valence-corrected chi connectivity index (χ0v) is 11.6. The summed E-state index contributed by atoms with van der Waals surface area (Å²) in [6.07, 6.45) is 7.15. The van der Waals surface area contributed by atoms with Crippen molar-refractivity contribution in [3.63, 3.8) is 0 Å². The molecule has 1 N–H and O–H groups in total. The lowest BCUT2D eigenvalue weighted by Gasteiger charge is -2.08. The van der Waals surface area contributed by atoms with Gasteiger partial charge in [0.15, 0.2) is 0 Å². The predicted molar refractivity (Wildman–Crippen MR) is 74.3 cm³/mol. The minimum absolute atomic E-state index is 0.198. The summed E-state index contributed by atoms with van der Waals surface area (Å²) in [5.41, 5.74) is 0.680. The van der Waals surface area contributed by atoms with Crippen LogP contribution in [-0.2, 0) is 18.3 Å². The molecule has 1 saturated heterocycles. The maximum Gasteiger partial charge on any atom is 0.406 e. The van der Waals surface area contributed by atoms with E-state index in [1.807, 2.05) is 0 Å². The van der Waals surface area contributed by atoms with E-state index in [-0.39, 0.29) is 11.9 Å². The van der Waals surface area contributed by atoms with Crippen molar-refractivity contribution in [1.29, 1.82) is 0 Å². The second-order valence-corrected chi connectivity index (χ2v) is 5.00. The third-order valence-corrected chi connectivity index (χ3v) is 3.40. The van der Waals surface area contributed by atoms with Crippen LogP contribution in [0.4, 0.5) is 17.3 Å². The molecule has 0 aromatic carbocycles. The van der Waals surface area contributed by atoms with Crippen molar-refractivity contribution in [3.8, 4) is 0 Å². The molecule has 1 unspecified atom stereocenters. The van der Waals surface area contributed by atoms with Gasteiger partial charge in [-0.1, -0.05) is 0 Å². The summed E-state index contributed by atoms with van der Waals surface area (Å²) in [5, 5.41) is 18.1. The van der Waals surface area contributed by atoms with E-state index in [1.54, 1.807) is 28.7 Å². The third-order valence-electron chi connectivity index (χ3n) is 3.40. The smallest absolute Gasteiger partial charge is 0.376 e. The maximum absolute atomic E-state index is 10.9. The molecule has 0 saturated carbocycles. The second kappa shape index (κ2) is 5.52.